The summed E-state index contributed by atoms with van der Waals surface area (Å²) >= 11 is 6.03. The maximum atomic E-state index is 12.5. The average molecular weight is 347 g/mol. The van der Waals surface area contributed by atoms with Crippen LogP contribution in [0.1, 0.15) is 45.1 Å². The smallest absolute Gasteiger partial charge is 0.262 e. The van der Waals surface area contributed by atoms with Crippen LogP contribution < -0.4 is 10.1 Å². The van der Waals surface area contributed by atoms with Gasteiger partial charge in [-0.2, -0.15) is 5.26 Å². The molecule has 1 fully saturated rings. The molecule has 0 aliphatic heterocycles. The number of nitrogens with zero attached hydrogens (tertiary/aromatic N) is 1. The molecule has 128 valence electrons. The molecule has 1 aromatic rings. The molecular formula is C19H23ClN2O2. The van der Waals surface area contributed by atoms with Crippen LogP contribution in [0.5, 0.6) is 5.75 Å². The van der Waals surface area contributed by atoms with E-state index in [0.29, 0.717) is 28.9 Å². The zero-order valence-electron chi connectivity index (χ0n) is 14.1. The van der Waals surface area contributed by atoms with Crippen molar-refractivity contribution in [3.8, 4) is 11.8 Å². The number of benzene rings is 1. The van der Waals surface area contributed by atoms with Crippen molar-refractivity contribution in [3.63, 3.8) is 0 Å². The van der Waals surface area contributed by atoms with Gasteiger partial charge in [-0.25, -0.2) is 0 Å². The maximum Gasteiger partial charge on any atom is 0.262 e. The number of amides is 1. The van der Waals surface area contributed by atoms with Gasteiger partial charge >= 0.3 is 0 Å². The first-order valence-corrected chi connectivity index (χ1v) is 8.78. The van der Waals surface area contributed by atoms with E-state index >= 15 is 0 Å². The van der Waals surface area contributed by atoms with E-state index in [2.05, 4.69) is 12.2 Å². The number of nitriles is 1. The van der Waals surface area contributed by atoms with Gasteiger partial charge in [0.05, 0.1) is 6.61 Å². The standard InChI is InChI=1S/C19H23ClN2O2/c1-3-24-18-9-8-16(20)11-14(18)10-15(12-21)19(23)22-17-7-5-4-6-13(17)2/h8-11,13,17H,3-7H2,1-2H3,(H,22,23)/b15-10+/t13-,17-/m1/s1. The second-order valence-electron chi connectivity index (χ2n) is 6.13. The number of hydrogen-bond acceptors (Lipinski definition) is 3. The predicted molar refractivity (Wildman–Crippen MR) is 95.8 cm³/mol. The fraction of sp³-hybridized carbons (Fsp3) is 0.474. The van der Waals surface area contributed by atoms with E-state index in [1.54, 1.807) is 24.3 Å². The number of carbonyl (C=O) groups excluding carboxylic acids is 1. The van der Waals surface area contributed by atoms with Crippen LogP contribution in [0.25, 0.3) is 6.08 Å². The molecular weight excluding hydrogens is 324 g/mol. The quantitative estimate of drug-likeness (QED) is 0.637. The van der Waals surface area contributed by atoms with E-state index < -0.39 is 0 Å². The lowest BCUT2D eigenvalue weighted by Gasteiger charge is -2.29. The first-order chi connectivity index (χ1) is 11.5. The normalized spacial score (nSPS) is 21.0. The van der Waals surface area contributed by atoms with Gasteiger partial charge in [0.15, 0.2) is 0 Å². The molecule has 0 aromatic heterocycles. The minimum atomic E-state index is -0.335. The Morgan fingerprint density at radius 1 is 1.46 bits per heavy atom. The molecule has 24 heavy (non-hydrogen) atoms. The summed E-state index contributed by atoms with van der Waals surface area (Å²) in [5.74, 6) is 0.708. The van der Waals surface area contributed by atoms with Crippen LogP contribution in [0.2, 0.25) is 5.02 Å². The van der Waals surface area contributed by atoms with E-state index in [1.807, 2.05) is 13.0 Å². The topological polar surface area (TPSA) is 62.1 Å². The Bertz CT molecular complexity index is 664. The molecule has 5 heteroatoms. The zero-order valence-corrected chi connectivity index (χ0v) is 14.9. The molecule has 1 aliphatic rings. The molecule has 1 amide bonds. The summed E-state index contributed by atoms with van der Waals surface area (Å²) in [4.78, 5) is 12.5. The number of nitrogens with one attached hydrogen (secondary N) is 1. The largest absolute Gasteiger partial charge is 0.493 e. The molecule has 1 N–H and O–H groups in total. The average Bonchev–Trinajstić information content (AvgIpc) is 2.57. The van der Waals surface area contributed by atoms with Crippen molar-refractivity contribution >= 4 is 23.6 Å². The summed E-state index contributed by atoms with van der Waals surface area (Å²) in [6, 6.07) is 7.29. The summed E-state index contributed by atoms with van der Waals surface area (Å²) in [5, 5.41) is 12.9. The first-order valence-electron chi connectivity index (χ1n) is 8.40. The minimum Gasteiger partial charge on any atom is -0.493 e. The van der Waals surface area contributed by atoms with Crippen LogP contribution in [-0.4, -0.2) is 18.6 Å². The van der Waals surface area contributed by atoms with Crippen molar-refractivity contribution in [2.24, 2.45) is 5.92 Å². The summed E-state index contributed by atoms with van der Waals surface area (Å²) < 4.78 is 5.54. The van der Waals surface area contributed by atoms with Crippen molar-refractivity contribution in [1.29, 1.82) is 5.26 Å². The van der Waals surface area contributed by atoms with Crippen LogP contribution in [0.15, 0.2) is 23.8 Å². The van der Waals surface area contributed by atoms with Gasteiger partial charge in [-0.15, -0.1) is 0 Å². The van der Waals surface area contributed by atoms with E-state index in [0.717, 1.165) is 19.3 Å². The Labute approximate surface area is 148 Å². The fourth-order valence-electron chi connectivity index (χ4n) is 3.00. The van der Waals surface area contributed by atoms with Crippen LogP contribution in [0.4, 0.5) is 0 Å². The highest BCUT2D eigenvalue weighted by Crippen LogP contribution is 2.26. The molecule has 4 nitrogen and oxygen atoms in total. The Morgan fingerprint density at radius 2 is 2.21 bits per heavy atom. The second kappa shape index (κ2) is 8.75. The van der Waals surface area contributed by atoms with Crippen molar-refractivity contribution in [2.45, 2.75) is 45.6 Å². The Balaban J connectivity index is 2.21. The highest BCUT2D eigenvalue weighted by molar-refractivity contribution is 6.30. The first kappa shape index (κ1) is 18.4. The van der Waals surface area contributed by atoms with Crippen molar-refractivity contribution in [3.05, 3.63) is 34.4 Å². The molecule has 0 radical (unpaired) electrons. The number of carbonyl (C=O) groups is 1. The number of rotatable bonds is 5. The van der Waals surface area contributed by atoms with E-state index in [9.17, 15) is 10.1 Å². The molecule has 0 saturated heterocycles. The Kier molecular flexibility index (Phi) is 6.69. The zero-order chi connectivity index (χ0) is 17.5. The Hall–Kier alpha value is -1.99. The minimum absolute atomic E-state index is 0.0657. The highest BCUT2D eigenvalue weighted by Gasteiger charge is 2.24. The highest BCUT2D eigenvalue weighted by atomic mass is 35.5. The fourth-order valence-corrected chi connectivity index (χ4v) is 3.18. The molecule has 2 atom stereocenters. The van der Waals surface area contributed by atoms with Crippen LogP contribution >= 0.6 is 11.6 Å². The van der Waals surface area contributed by atoms with Gasteiger partial charge < -0.3 is 10.1 Å². The molecule has 1 aliphatic carbocycles. The lowest BCUT2D eigenvalue weighted by Crippen LogP contribution is -2.41. The lowest BCUT2D eigenvalue weighted by molar-refractivity contribution is -0.118. The van der Waals surface area contributed by atoms with Crippen molar-refractivity contribution in [2.75, 3.05) is 6.61 Å². The van der Waals surface area contributed by atoms with Gasteiger partial charge in [-0.05, 0) is 50.0 Å². The number of ether oxygens (including phenoxy) is 1. The summed E-state index contributed by atoms with van der Waals surface area (Å²) in [7, 11) is 0. The third-order valence-corrected chi connectivity index (χ3v) is 4.60. The van der Waals surface area contributed by atoms with Crippen molar-refractivity contribution in [1.82, 2.24) is 5.32 Å². The molecule has 0 spiro atoms. The van der Waals surface area contributed by atoms with Gasteiger partial charge in [-0.3, -0.25) is 4.79 Å². The van der Waals surface area contributed by atoms with E-state index in [-0.39, 0.29) is 17.5 Å². The van der Waals surface area contributed by atoms with E-state index in [4.69, 9.17) is 16.3 Å². The molecule has 1 aromatic carbocycles. The second-order valence-corrected chi connectivity index (χ2v) is 6.56. The predicted octanol–water partition coefficient (Wildman–Crippen LogP) is 4.34. The Morgan fingerprint density at radius 3 is 2.88 bits per heavy atom. The summed E-state index contributed by atoms with van der Waals surface area (Å²) in [6.45, 7) is 4.52. The van der Waals surface area contributed by atoms with Gasteiger partial charge in [0.1, 0.15) is 17.4 Å². The third-order valence-electron chi connectivity index (χ3n) is 4.36. The van der Waals surface area contributed by atoms with Crippen LogP contribution in [0.3, 0.4) is 0 Å². The molecule has 0 heterocycles. The SMILES string of the molecule is CCOc1ccc(Cl)cc1/C=C(\C#N)C(=O)N[C@@H]1CCCC[C@H]1C. The van der Waals surface area contributed by atoms with E-state index in [1.165, 1.54) is 6.42 Å². The summed E-state index contributed by atoms with van der Waals surface area (Å²) in [5.41, 5.74) is 0.698. The molecule has 0 bridgehead atoms. The maximum absolute atomic E-state index is 12.5. The van der Waals surface area contributed by atoms with Gasteiger partial charge in [0, 0.05) is 16.6 Å². The van der Waals surface area contributed by atoms with Gasteiger partial charge in [0.2, 0.25) is 0 Å². The monoisotopic (exact) mass is 346 g/mol. The number of hydrogen-bond donors (Lipinski definition) is 1. The number of halogens is 1. The molecule has 1 saturated carbocycles. The lowest BCUT2D eigenvalue weighted by atomic mass is 9.86. The van der Waals surface area contributed by atoms with Crippen LogP contribution in [-0.2, 0) is 4.79 Å². The molecule has 0 unspecified atom stereocenters. The third kappa shape index (κ3) is 4.75. The molecule has 2 rings (SSSR count). The van der Waals surface area contributed by atoms with Gasteiger partial charge in [0.25, 0.3) is 5.91 Å². The van der Waals surface area contributed by atoms with Gasteiger partial charge in [-0.1, -0.05) is 31.4 Å². The van der Waals surface area contributed by atoms with Crippen molar-refractivity contribution < 1.29 is 9.53 Å². The summed E-state index contributed by atoms with van der Waals surface area (Å²) in [6.07, 6.45) is 5.93. The van der Waals surface area contributed by atoms with Crippen LogP contribution in [0, 0.1) is 17.2 Å².